The Kier molecular flexibility index (Phi) is 5.22. The summed E-state index contributed by atoms with van der Waals surface area (Å²) < 4.78 is 11.3. The number of hydrogen-bond acceptors (Lipinski definition) is 3. The number of methoxy groups -OCH3 is 1. The minimum absolute atomic E-state index is 0.0967. The molecule has 1 aromatic carbocycles. The van der Waals surface area contributed by atoms with Crippen molar-refractivity contribution < 1.29 is 19.4 Å². The fourth-order valence-corrected chi connectivity index (χ4v) is 3.55. The molecule has 1 saturated carbocycles. The number of hydrogen-bond donors (Lipinski definition) is 1. The molecule has 0 bridgehead atoms. The van der Waals surface area contributed by atoms with Crippen molar-refractivity contribution in [1.82, 2.24) is 0 Å². The van der Waals surface area contributed by atoms with E-state index >= 15 is 0 Å². The number of benzene rings is 1. The Balaban J connectivity index is 2.67. The van der Waals surface area contributed by atoms with Gasteiger partial charge in [-0.2, -0.15) is 0 Å². The maximum absolute atomic E-state index is 12.1. The Bertz CT molecular complexity index is 548. The monoisotopic (exact) mass is 326 g/mol. The first kappa shape index (κ1) is 16.9. The highest BCUT2D eigenvalue weighted by molar-refractivity contribution is 6.32. The maximum Gasteiger partial charge on any atom is 0.314 e. The molecule has 122 valence electrons. The van der Waals surface area contributed by atoms with Gasteiger partial charge in [-0.25, -0.2) is 0 Å². The van der Waals surface area contributed by atoms with Crippen LogP contribution >= 0.6 is 11.6 Å². The summed E-state index contributed by atoms with van der Waals surface area (Å²) in [7, 11) is 1.55. The number of carboxylic acid groups (broad SMARTS) is 1. The van der Waals surface area contributed by atoms with Crippen LogP contribution in [0.2, 0.25) is 5.02 Å². The van der Waals surface area contributed by atoms with Gasteiger partial charge in [-0.15, -0.1) is 0 Å². The standard InChI is InChI=1S/C17H23ClO4/c1-11(2)22-15-13(21-3)8-7-12(18)14(15)17(16(19)20)9-5-4-6-10-17/h7-8,11H,4-6,9-10H2,1-3H3,(H,19,20). The van der Waals surface area contributed by atoms with E-state index in [1.54, 1.807) is 19.2 Å². The van der Waals surface area contributed by atoms with Gasteiger partial charge in [-0.05, 0) is 38.8 Å². The molecule has 0 saturated heterocycles. The smallest absolute Gasteiger partial charge is 0.314 e. The second-order valence-corrected chi connectivity index (χ2v) is 6.48. The second-order valence-electron chi connectivity index (χ2n) is 6.07. The molecule has 1 fully saturated rings. The van der Waals surface area contributed by atoms with Crippen LogP contribution in [0.1, 0.15) is 51.5 Å². The van der Waals surface area contributed by atoms with Crippen molar-refractivity contribution in [3.8, 4) is 11.5 Å². The zero-order chi connectivity index (χ0) is 16.3. The predicted octanol–water partition coefficient (Wildman–Crippen LogP) is 4.42. The maximum atomic E-state index is 12.1. The average Bonchev–Trinajstić information content (AvgIpc) is 2.47. The summed E-state index contributed by atoms with van der Waals surface area (Å²) in [6.07, 6.45) is 3.85. The second kappa shape index (κ2) is 6.78. The Labute approximate surface area is 136 Å². The summed E-state index contributed by atoms with van der Waals surface area (Å²) in [5, 5.41) is 10.4. The number of carbonyl (C=O) groups is 1. The van der Waals surface area contributed by atoms with Crippen molar-refractivity contribution in [1.29, 1.82) is 0 Å². The van der Waals surface area contributed by atoms with E-state index in [1.807, 2.05) is 13.8 Å². The quantitative estimate of drug-likeness (QED) is 0.870. The highest BCUT2D eigenvalue weighted by Gasteiger charge is 2.45. The Morgan fingerprint density at radius 3 is 2.41 bits per heavy atom. The molecule has 22 heavy (non-hydrogen) atoms. The van der Waals surface area contributed by atoms with Gasteiger partial charge in [0.25, 0.3) is 0 Å². The van der Waals surface area contributed by atoms with Crippen molar-refractivity contribution in [2.75, 3.05) is 7.11 Å². The van der Waals surface area contributed by atoms with Gasteiger partial charge < -0.3 is 14.6 Å². The van der Waals surface area contributed by atoms with Gasteiger partial charge in [-0.3, -0.25) is 4.79 Å². The lowest BCUT2D eigenvalue weighted by molar-refractivity contribution is -0.145. The first-order chi connectivity index (χ1) is 10.4. The van der Waals surface area contributed by atoms with Crippen LogP contribution in [0.25, 0.3) is 0 Å². The van der Waals surface area contributed by atoms with Gasteiger partial charge in [0.1, 0.15) is 0 Å². The van der Waals surface area contributed by atoms with Crippen LogP contribution in [-0.4, -0.2) is 24.3 Å². The average molecular weight is 327 g/mol. The molecule has 0 unspecified atom stereocenters. The molecule has 0 atom stereocenters. The molecule has 1 aliphatic carbocycles. The van der Waals surface area contributed by atoms with E-state index in [2.05, 4.69) is 0 Å². The van der Waals surface area contributed by atoms with Crippen LogP contribution < -0.4 is 9.47 Å². The van der Waals surface area contributed by atoms with Crippen LogP contribution in [0.5, 0.6) is 11.5 Å². The third kappa shape index (κ3) is 3.02. The van der Waals surface area contributed by atoms with Crippen molar-refractivity contribution in [2.24, 2.45) is 0 Å². The van der Waals surface area contributed by atoms with Crippen molar-refractivity contribution in [3.63, 3.8) is 0 Å². The molecule has 0 heterocycles. The zero-order valence-corrected chi connectivity index (χ0v) is 14.1. The summed E-state index contributed by atoms with van der Waals surface area (Å²) in [6.45, 7) is 3.80. The molecule has 1 aromatic rings. The first-order valence-electron chi connectivity index (χ1n) is 7.69. The minimum atomic E-state index is -0.992. The van der Waals surface area contributed by atoms with Gasteiger partial charge in [-0.1, -0.05) is 30.9 Å². The summed E-state index contributed by atoms with van der Waals surface area (Å²) >= 11 is 6.41. The lowest BCUT2D eigenvalue weighted by atomic mass is 9.69. The fourth-order valence-electron chi connectivity index (χ4n) is 3.23. The van der Waals surface area contributed by atoms with Crippen molar-refractivity contribution >= 4 is 17.6 Å². The molecule has 0 spiro atoms. The number of ether oxygens (including phenoxy) is 2. The summed E-state index contributed by atoms with van der Waals surface area (Å²) in [4.78, 5) is 12.1. The molecular formula is C17H23ClO4. The van der Waals surface area contributed by atoms with E-state index in [0.717, 1.165) is 19.3 Å². The number of halogens is 1. The lowest BCUT2D eigenvalue weighted by Gasteiger charge is -2.36. The minimum Gasteiger partial charge on any atom is -0.493 e. The Hall–Kier alpha value is -1.42. The third-order valence-corrected chi connectivity index (χ3v) is 4.55. The van der Waals surface area contributed by atoms with Gasteiger partial charge in [0.05, 0.1) is 18.6 Å². The molecule has 2 rings (SSSR count). The van der Waals surface area contributed by atoms with E-state index in [-0.39, 0.29) is 6.10 Å². The predicted molar refractivity (Wildman–Crippen MR) is 86.2 cm³/mol. The number of rotatable bonds is 5. The van der Waals surface area contributed by atoms with Crippen LogP contribution in [0.4, 0.5) is 0 Å². The molecule has 1 N–H and O–H groups in total. The van der Waals surface area contributed by atoms with E-state index in [4.69, 9.17) is 21.1 Å². The van der Waals surface area contributed by atoms with E-state index in [1.165, 1.54) is 0 Å². The van der Waals surface area contributed by atoms with E-state index < -0.39 is 11.4 Å². The van der Waals surface area contributed by atoms with Crippen LogP contribution in [0.15, 0.2) is 12.1 Å². The molecule has 0 radical (unpaired) electrons. The molecule has 0 aliphatic heterocycles. The molecule has 4 nitrogen and oxygen atoms in total. The molecule has 5 heteroatoms. The highest BCUT2D eigenvalue weighted by Crippen LogP contribution is 2.50. The third-order valence-electron chi connectivity index (χ3n) is 4.24. The van der Waals surface area contributed by atoms with E-state index in [0.29, 0.717) is 34.9 Å². The van der Waals surface area contributed by atoms with Gasteiger partial charge >= 0.3 is 5.97 Å². The summed E-state index contributed by atoms with van der Waals surface area (Å²) in [5.74, 6) is 0.157. The molecular weight excluding hydrogens is 304 g/mol. The molecule has 0 amide bonds. The van der Waals surface area contributed by atoms with Crippen LogP contribution in [0.3, 0.4) is 0 Å². The SMILES string of the molecule is COc1ccc(Cl)c(C2(C(=O)O)CCCCC2)c1OC(C)C. The Morgan fingerprint density at radius 1 is 1.27 bits per heavy atom. The van der Waals surface area contributed by atoms with E-state index in [9.17, 15) is 9.90 Å². The fraction of sp³-hybridized carbons (Fsp3) is 0.588. The first-order valence-corrected chi connectivity index (χ1v) is 8.07. The highest BCUT2D eigenvalue weighted by atomic mass is 35.5. The van der Waals surface area contributed by atoms with Crippen LogP contribution in [0, 0.1) is 0 Å². The topological polar surface area (TPSA) is 55.8 Å². The Morgan fingerprint density at radius 2 is 1.91 bits per heavy atom. The zero-order valence-electron chi connectivity index (χ0n) is 13.3. The van der Waals surface area contributed by atoms with Gasteiger partial charge in [0.15, 0.2) is 11.5 Å². The van der Waals surface area contributed by atoms with Crippen molar-refractivity contribution in [2.45, 2.75) is 57.5 Å². The van der Waals surface area contributed by atoms with Crippen molar-refractivity contribution in [3.05, 3.63) is 22.7 Å². The summed E-state index contributed by atoms with van der Waals surface area (Å²) in [5.41, 5.74) is -0.428. The van der Waals surface area contributed by atoms with Crippen LogP contribution in [-0.2, 0) is 10.2 Å². The molecule has 0 aromatic heterocycles. The normalized spacial score (nSPS) is 17.3. The molecule has 1 aliphatic rings. The largest absolute Gasteiger partial charge is 0.493 e. The number of aliphatic carboxylic acids is 1. The lowest BCUT2D eigenvalue weighted by Crippen LogP contribution is -2.38. The number of carboxylic acids is 1. The van der Waals surface area contributed by atoms with Gasteiger partial charge in [0.2, 0.25) is 0 Å². The van der Waals surface area contributed by atoms with Gasteiger partial charge in [0, 0.05) is 10.6 Å². The summed E-state index contributed by atoms with van der Waals surface area (Å²) in [6, 6.07) is 3.42.